The van der Waals surface area contributed by atoms with Gasteiger partial charge in [0.2, 0.25) is 5.91 Å². The summed E-state index contributed by atoms with van der Waals surface area (Å²) in [6.45, 7) is -0.329. The zero-order valence-corrected chi connectivity index (χ0v) is 11.8. The molecule has 2 N–H and O–H groups in total. The molecule has 0 aliphatic carbocycles. The molecule has 0 bridgehead atoms. The molecule has 21 heavy (non-hydrogen) atoms. The molecule has 0 spiro atoms. The van der Waals surface area contributed by atoms with Gasteiger partial charge in [0.25, 0.3) is 0 Å². The number of benzene rings is 1. The van der Waals surface area contributed by atoms with E-state index in [1.165, 1.54) is 0 Å². The number of amides is 1. The van der Waals surface area contributed by atoms with Crippen molar-refractivity contribution >= 4 is 21.7 Å². The predicted octanol–water partition coefficient (Wildman–Crippen LogP) is -0.263. The maximum absolute atomic E-state index is 12.0. The van der Waals surface area contributed by atoms with Crippen LogP contribution in [-0.4, -0.2) is 42.9 Å². The van der Waals surface area contributed by atoms with Crippen LogP contribution in [-0.2, 0) is 25.8 Å². The van der Waals surface area contributed by atoms with Crippen LogP contribution in [0, 0.1) is 11.3 Å². The second-order valence-corrected chi connectivity index (χ2v) is 6.44. The number of carbonyl (C=O) groups excluding carboxylic acids is 1. The maximum Gasteiger partial charge on any atom is 0.322 e. The molecule has 0 aromatic heterocycles. The molecule has 0 saturated heterocycles. The number of hydrogen-bond donors (Lipinski definition) is 2. The Kier molecular flexibility index (Phi) is 5.87. The predicted molar refractivity (Wildman–Crippen MR) is 74.0 cm³/mol. The Hall–Kier alpha value is -2.40. The Labute approximate surface area is 122 Å². The van der Waals surface area contributed by atoms with Crippen molar-refractivity contribution in [3.63, 3.8) is 0 Å². The molecule has 1 rings (SSSR count). The first-order valence-electron chi connectivity index (χ1n) is 5.98. The molecule has 0 aliphatic rings. The van der Waals surface area contributed by atoms with E-state index in [1.54, 1.807) is 36.4 Å². The van der Waals surface area contributed by atoms with Gasteiger partial charge in [-0.15, -0.1) is 0 Å². The largest absolute Gasteiger partial charge is 0.480 e. The summed E-state index contributed by atoms with van der Waals surface area (Å²) >= 11 is 0. The summed E-state index contributed by atoms with van der Waals surface area (Å²) in [4.78, 5) is 22.5. The molecule has 1 atom stereocenters. The summed E-state index contributed by atoms with van der Waals surface area (Å²) in [5.41, 5.74) is 0.547. The third kappa shape index (κ3) is 5.24. The van der Waals surface area contributed by atoms with Gasteiger partial charge in [0.05, 0.1) is 6.07 Å². The lowest BCUT2D eigenvalue weighted by Crippen LogP contribution is -2.39. The van der Waals surface area contributed by atoms with Crippen molar-refractivity contribution < 1.29 is 23.1 Å². The number of aliphatic carboxylic acids is 1. The number of sulfone groups is 1. The molecule has 112 valence electrons. The van der Waals surface area contributed by atoms with Crippen LogP contribution in [0.4, 0.5) is 0 Å². The van der Waals surface area contributed by atoms with Crippen molar-refractivity contribution in [1.82, 2.24) is 5.32 Å². The number of rotatable bonds is 7. The molecule has 0 aliphatic heterocycles. The SMILES string of the molecule is N#CCNC(=O)CS(=O)(=O)C(Cc1ccccc1)C(=O)O. The fraction of sp³-hybridized carbons (Fsp3) is 0.308. The Morgan fingerprint density at radius 2 is 1.90 bits per heavy atom. The summed E-state index contributed by atoms with van der Waals surface area (Å²) in [7, 11) is -4.17. The van der Waals surface area contributed by atoms with Crippen molar-refractivity contribution in [2.24, 2.45) is 0 Å². The van der Waals surface area contributed by atoms with E-state index in [0.29, 0.717) is 5.56 Å². The Morgan fingerprint density at radius 3 is 2.43 bits per heavy atom. The van der Waals surface area contributed by atoms with E-state index >= 15 is 0 Å². The summed E-state index contributed by atoms with van der Waals surface area (Å²) in [5.74, 6) is -3.36. The van der Waals surface area contributed by atoms with Crippen molar-refractivity contribution in [2.45, 2.75) is 11.7 Å². The molecule has 0 radical (unpaired) electrons. The topological polar surface area (TPSA) is 124 Å². The summed E-state index contributed by atoms with van der Waals surface area (Å²) in [6.07, 6.45) is -0.218. The van der Waals surface area contributed by atoms with Gasteiger partial charge in [0, 0.05) is 0 Å². The van der Waals surface area contributed by atoms with Gasteiger partial charge < -0.3 is 10.4 Å². The minimum Gasteiger partial charge on any atom is -0.480 e. The fourth-order valence-electron chi connectivity index (χ4n) is 1.67. The minimum atomic E-state index is -4.17. The highest BCUT2D eigenvalue weighted by molar-refractivity contribution is 7.93. The van der Waals surface area contributed by atoms with Crippen LogP contribution in [0.2, 0.25) is 0 Å². The van der Waals surface area contributed by atoms with Gasteiger partial charge in [0.15, 0.2) is 15.1 Å². The molecule has 0 heterocycles. The Balaban J connectivity index is 2.87. The van der Waals surface area contributed by atoms with Crippen LogP contribution < -0.4 is 5.32 Å². The highest BCUT2D eigenvalue weighted by atomic mass is 32.2. The molecule has 1 amide bonds. The lowest BCUT2D eigenvalue weighted by atomic mass is 10.1. The second-order valence-electron chi connectivity index (χ2n) is 4.26. The Bertz CT molecular complexity index is 649. The second kappa shape index (κ2) is 7.40. The smallest absolute Gasteiger partial charge is 0.322 e. The quantitative estimate of drug-likeness (QED) is 0.668. The zero-order valence-electron chi connectivity index (χ0n) is 11.0. The number of hydrogen-bond acceptors (Lipinski definition) is 5. The van der Waals surface area contributed by atoms with E-state index in [2.05, 4.69) is 5.32 Å². The average molecular weight is 310 g/mol. The molecular formula is C13H14N2O5S. The summed E-state index contributed by atoms with van der Waals surface area (Å²) in [6, 6.07) is 9.92. The number of nitrogens with one attached hydrogen (secondary N) is 1. The van der Waals surface area contributed by atoms with Crippen LogP contribution in [0.5, 0.6) is 0 Å². The number of carbonyl (C=O) groups is 2. The standard InChI is InChI=1S/C13H14N2O5S/c14-6-7-15-12(16)9-21(19,20)11(13(17)18)8-10-4-2-1-3-5-10/h1-5,11H,7-9H2,(H,15,16)(H,17,18). The van der Waals surface area contributed by atoms with E-state index in [-0.39, 0.29) is 13.0 Å². The highest BCUT2D eigenvalue weighted by Crippen LogP contribution is 2.12. The summed E-state index contributed by atoms with van der Waals surface area (Å²) in [5, 5.41) is 17.8. The van der Waals surface area contributed by atoms with E-state index < -0.39 is 32.7 Å². The fourth-order valence-corrected chi connectivity index (χ4v) is 3.09. The van der Waals surface area contributed by atoms with E-state index in [4.69, 9.17) is 10.4 Å². The lowest BCUT2D eigenvalue weighted by molar-refractivity contribution is -0.136. The lowest BCUT2D eigenvalue weighted by Gasteiger charge is -2.13. The number of carboxylic acids is 1. The molecule has 1 aromatic carbocycles. The van der Waals surface area contributed by atoms with Gasteiger partial charge >= 0.3 is 5.97 Å². The molecule has 7 nitrogen and oxygen atoms in total. The third-order valence-corrected chi connectivity index (χ3v) is 4.57. The van der Waals surface area contributed by atoms with Crippen molar-refractivity contribution in [3.05, 3.63) is 35.9 Å². The molecule has 8 heteroatoms. The highest BCUT2D eigenvalue weighted by Gasteiger charge is 2.34. The van der Waals surface area contributed by atoms with Gasteiger partial charge in [-0.05, 0) is 12.0 Å². The zero-order chi connectivity index (χ0) is 15.9. The van der Waals surface area contributed by atoms with Crippen molar-refractivity contribution in [1.29, 1.82) is 5.26 Å². The molecule has 1 unspecified atom stereocenters. The first-order chi connectivity index (χ1) is 9.86. The van der Waals surface area contributed by atoms with Crippen LogP contribution in [0.3, 0.4) is 0 Å². The van der Waals surface area contributed by atoms with Gasteiger partial charge in [0.1, 0.15) is 12.3 Å². The van der Waals surface area contributed by atoms with Crippen LogP contribution in [0.15, 0.2) is 30.3 Å². The number of nitriles is 1. The Morgan fingerprint density at radius 1 is 1.29 bits per heavy atom. The van der Waals surface area contributed by atoms with Crippen molar-refractivity contribution in [3.8, 4) is 6.07 Å². The van der Waals surface area contributed by atoms with Crippen LogP contribution in [0.25, 0.3) is 0 Å². The van der Waals surface area contributed by atoms with Gasteiger partial charge in [-0.2, -0.15) is 5.26 Å². The molecule has 1 aromatic rings. The normalized spacial score (nSPS) is 12.1. The van der Waals surface area contributed by atoms with Gasteiger partial charge in [-0.25, -0.2) is 8.42 Å². The summed E-state index contributed by atoms with van der Waals surface area (Å²) < 4.78 is 24.1. The molecule has 0 saturated carbocycles. The van der Waals surface area contributed by atoms with Crippen molar-refractivity contribution in [2.75, 3.05) is 12.3 Å². The minimum absolute atomic E-state index is 0.218. The van der Waals surface area contributed by atoms with E-state index in [0.717, 1.165) is 0 Å². The van der Waals surface area contributed by atoms with E-state index in [9.17, 15) is 18.0 Å². The monoisotopic (exact) mass is 310 g/mol. The number of nitrogens with zero attached hydrogens (tertiary/aromatic N) is 1. The first kappa shape index (κ1) is 16.7. The van der Waals surface area contributed by atoms with Gasteiger partial charge in [-0.3, -0.25) is 9.59 Å². The number of carboxylic acid groups (broad SMARTS) is 1. The van der Waals surface area contributed by atoms with E-state index in [1.807, 2.05) is 0 Å². The average Bonchev–Trinajstić information content (AvgIpc) is 2.42. The third-order valence-electron chi connectivity index (χ3n) is 2.67. The van der Waals surface area contributed by atoms with Crippen LogP contribution in [0.1, 0.15) is 5.56 Å². The molecule has 0 fully saturated rings. The van der Waals surface area contributed by atoms with Gasteiger partial charge in [-0.1, -0.05) is 30.3 Å². The molecular weight excluding hydrogens is 296 g/mol. The maximum atomic E-state index is 12.0. The first-order valence-corrected chi connectivity index (χ1v) is 7.70. The van der Waals surface area contributed by atoms with Crippen LogP contribution >= 0.6 is 0 Å².